The Morgan fingerprint density at radius 1 is 1.12 bits per heavy atom. The summed E-state index contributed by atoms with van der Waals surface area (Å²) in [5, 5.41) is 1.84. The van der Waals surface area contributed by atoms with Crippen molar-refractivity contribution in [3.05, 3.63) is 52.2 Å². The van der Waals surface area contributed by atoms with Gasteiger partial charge in [0.2, 0.25) is 10.0 Å². The number of nitrogens with zero attached hydrogens (tertiary/aromatic N) is 1. The minimum absolute atomic E-state index is 0.0318. The molecule has 0 aliphatic heterocycles. The molecule has 0 bridgehead atoms. The number of carbonyl (C=O) groups excluding carboxylic acids is 2. The third-order valence-electron chi connectivity index (χ3n) is 3.45. The monoisotopic (exact) mass is 381 g/mol. The molecule has 134 valence electrons. The second kappa shape index (κ2) is 8.37. The van der Waals surface area contributed by atoms with Gasteiger partial charge in [-0.25, -0.2) is 17.5 Å². The Labute approximate surface area is 151 Å². The van der Waals surface area contributed by atoms with Gasteiger partial charge in [0.25, 0.3) is 0 Å². The number of carbonyl (C=O) groups is 2. The molecule has 1 aromatic carbocycles. The summed E-state index contributed by atoms with van der Waals surface area (Å²) in [7, 11) is -0.648. The van der Waals surface area contributed by atoms with Crippen LogP contribution in [0.1, 0.15) is 32.9 Å². The number of sulfonamides is 1. The molecule has 1 aromatic heterocycles. The first kappa shape index (κ1) is 19.3. The summed E-state index contributed by atoms with van der Waals surface area (Å²) < 4.78 is 30.2. The van der Waals surface area contributed by atoms with Gasteiger partial charge >= 0.3 is 5.97 Å². The van der Waals surface area contributed by atoms with E-state index in [9.17, 15) is 18.0 Å². The zero-order chi connectivity index (χ0) is 18.4. The zero-order valence-corrected chi connectivity index (χ0v) is 15.6. The Hall–Kier alpha value is -2.03. The molecule has 0 unspecified atom stereocenters. The van der Waals surface area contributed by atoms with Gasteiger partial charge in [-0.05, 0) is 42.1 Å². The molecule has 0 saturated carbocycles. The van der Waals surface area contributed by atoms with Crippen LogP contribution < -0.4 is 0 Å². The standard InChI is InChI=1S/C17H19NO5S2/c1-18(2)25(21,22)14-9-7-13(8-10-14)17(20)23-11-3-5-15(19)16-6-4-12-24-16/h4,6-10,12H,3,5,11H2,1-2H3. The van der Waals surface area contributed by atoms with Crippen molar-refractivity contribution in [1.82, 2.24) is 4.31 Å². The van der Waals surface area contributed by atoms with Crippen LogP contribution in [0.15, 0.2) is 46.7 Å². The smallest absolute Gasteiger partial charge is 0.338 e. The summed E-state index contributed by atoms with van der Waals surface area (Å²) in [4.78, 5) is 24.6. The molecule has 0 fully saturated rings. The number of benzene rings is 1. The first-order valence-corrected chi connectivity index (χ1v) is 9.91. The minimum Gasteiger partial charge on any atom is -0.462 e. The largest absolute Gasteiger partial charge is 0.462 e. The van der Waals surface area contributed by atoms with Crippen LogP contribution in [0, 0.1) is 0 Å². The highest BCUT2D eigenvalue weighted by atomic mass is 32.2. The van der Waals surface area contributed by atoms with Gasteiger partial charge in [-0.1, -0.05) is 6.07 Å². The SMILES string of the molecule is CN(C)S(=O)(=O)c1ccc(C(=O)OCCCC(=O)c2cccs2)cc1. The fourth-order valence-electron chi connectivity index (χ4n) is 2.02. The van der Waals surface area contributed by atoms with Crippen LogP contribution in [0.4, 0.5) is 0 Å². The number of ether oxygens (including phenoxy) is 1. The Morgan fingerprint density at radius 2 is 1.80 bits per heavy atom. The molecule has 0 atom stereocenters. The molecule has 8 heteroatoms. The lowest BCUT2D eigenvalue weighted by atomic mass is 10.2. The van der Waals surface area contributed by atoms with E-state index < -0.39 is 16.0 Å². The van der Waals surface area contributed by atoms with Gasteiger partial charge < -0.3 is 4.74 Å². The Bertz CT molecular complexity index is 824. The summed E-state index contributed by atoms with van der Waals surface area (Å²) in [6, 6.07) is 9.14. The lowest BCUT2D eigenvalue weighted by Gasteiger charge is -2.11. The molecule has 0 radical (unpaired) electrons. The van der Waals surface area contributed by atoms with Crippen molar-refractivity contribution < 1.29 is 22.7 Å². The second-order valence-electron chi connectivity index (χ2n) is 5.45. The molecule has 0 saturated heterocycles. The molecule has 1 heterocycles. The van der Waals surface area contributed by atoms with E-state index in [1.807, 2.05) is 11.4 Å². The summed E-state index contributed by atoms with van der Waals surface area (Å²) in [5.74, 6) is -0.512. The number of esters is 1. The van der Waals surface area contributed by atoms with E-state index in [1.165, 1.54) is 49.7 Å². The normalized spacial score (nSPS) is 11.5. The average Bonchev–Trinajstić information content (AvgIpc) is 3.13. The van der Waals surface area contributed by atoms with E-state index in [0.29, 0.717) is 17.7 Å². The fourth-order valence-corrected chi connectivity index (χ4v) is 3.61. The number of Topliss-reactive ketones (excluding diaryl/α,β-unsaturated/α-hetero) is 1. The van der Waals surface area contributed by atoms with Crippen molar-refractivity contribution in [2.24, 2.45) is 0 Å². The summed E-state index contributed by atoms with van der Waals surface area (Å²) in [5.41, 5.74) is 0.266. The maximum Gasteiger partial charge on any atom is 0.338 e. The molecule has 0 spiro atoms. The zero-order valence-electron chi connectivity index (χ0n) is 14.0. The fraction of sp³-hybridized carbons (Fsp3) is 0.294. The van der Waals surface area contributed by atoms with E-state index in [1.54, 1.807) is 6.07 Å². The Morgan fingerprint density at radius 3 is 2.36 bits per heavy atom. The van der Waals surface area contributed by atoms with Crippen LogP contribution in [0.5, 0.6) is 0 Å². The molecule has 25 heavy (non-hydrogen) atoms. The van der Waals surface area contributed by atoms with E-state index >= 15 is 0 Å². The molecular formula is C17H19NO5S2. The highest BCUT2D eigenvalue weighted by Crippen LogP contribution is 2.15. The molecule has 0 N–H and O–H groups in total. The predicted octanol–water partition coefficient (Wildman–Crippen LogP) is 2.82. The predicted molar refractivity (Wildman–Crippen MR) is 95.5 cm³/mol. The maximum absolute atomic E-state index is 12.0. The number of ketones is 1. The average molecular weight is 381 g/mol. The third kappa shape index (κ3) is 4.97. The lowest BCUT2D eigenvalue weighted by Crippen LogP contribution is -2.22. The van der Waals surface area contributed by atoms with Crippen LogP contribution in [-0.2, 0) is 14.8 Å². The van der Waals surface area contributed by atoms with Gasteiger partial charge in [-0.2, -0.15) is 0 Å². The van der Waals surface area contributed by atoms with Crippen LogP contribution in [0.2, 0.25) is 0 Å². The van der Waals surface area contributed by atoms with E-state index in [-0.39, 0.29) is 22.8 Å². The van der Waals surface area contributed by atoms with Crippen LogP contribution in [0.3, 0.4) is 0 Å². The highest BCUT2D eigenvalue weighted by molar-refractivity contribution is 7.89. The first-order chi connectivity index (χ1) is 11.8. The summed E-state index contributed by atoms with van der Waals surface area (Å²) >= 11 is 1.39. The van der Waals surface area contributed by atoms with Crippen LogP contribution in [0.25, 0.3) is 0 Å². The number of hydrogen-bond donors (Lipinski definition) is 0. The number of hydrogen-bond acceptors (Lipinski definition) is 6. The molecule has 2 rings (SSSR count). The van der Waals surface area contributed by atoms with E-state index in [0.717, 1.165) is 4.31 Å². The number of thiophene rings is 1. The van der Waals surface area contributed by atoms with Crippen molar-refractivity contribution in [2.75, 3.05) is 20.7 Å². The summed E-state index contributed by atoms with van der Waals surface area (Å²) in [6.07, 6.45) is 0.753. The van der Waals surface area contributed by atoms with Crippen molar-refractivity contribution in [1.29, 1.82) is 0 Å². The van der Waals surface area contributed by atoms with E-state index in [2.05, 4.69) is 0 Å². The van der Waals surface area contributed by atoms with Gasteiger partial charge in [-0.3, -0.25) is 4.79 Å². The quantitative estimate of drug-likeness (QED) is 0.399. The van der Waals surface area contributed by atoms with E-state index in [4.69, 9.17) is 4.74 Å². The molecule has 2 aromatic rings. The number of rotatable bonds is 8. The molecular weight excluding hydrogens is 362 g/mol. The van der Waals surface area contributed by atoms with Gasteiger partial charge in [0.1, 0.15) is 0 Å². The first-order valence-electron chi connectivity index (χ1n) is 7.59. The van der Waals surface area contributed by atoms with Crippen LogP contribution >= 0.6 is 11.3 Å². The Balaban J connectivity index is 1.84. The third-order valence-corrected chi connectivity index (χ3v) is 6.19. The summed E-state index contributed by atoms with van der Waals surface area (Å²) in [6.45, 7) is 0.133. The van der Waals surface area contributed by atoms with Gasteiger partial charge in [0.05, 0.1) is 21.9 Å². The second-order valence-corrected chi connectivity index (χ2v) is 8.55. The van der Waals surface area contributed by atoms with Crippen LogP contribution in [-0.4, -0.2) is 45.2 Å². The van der Waals surface area contributed by atoms with Crippen molar-refractivity contribution in [3.8, 4) is 0 Å². The highest BCUT2D eigenvalue weighted by Gasteiger charge is 2.17. The van der Waals surface area contributed by atoms with Crippen molar-refractivity contribution in [3.63, 3.8) is 0 Å². The van der Waals surface area contributed by atoms with Crippen molar-refractivity contribution >= 4 is 33.1 Å². The van der Waals surface area contributed by atoms with Gasteiger partial charge in [0.15, 0.2) is 5.78 Å². The molecule has 6 nitrogen and oxygen atoms in total. The topological polar surface area (TPSA) is 80.8 Å². The van der Waals surface area contributed by atoms with Gasteiger partial charge in [0, 0.05) is 20.5 Å². The molecule has 0 amide bonds. The lowest BCUT2D eigenvalue weighted by molar-refractivity contribution is 0.0494. The molecule has 0 aliphatic rings. The van der Waals surface area contributed by atoms with Gasteiger partial charge in [-0.15, -0.1) is 11.3 Å². The van der Waals surface area contributed by atoms with Crippen molar-refractivity contribution in [2.45, 2.75) is 17.7 Å². The Kier molecular flexibility index (Phi) is 6.46. The molecule has 0 aliphatic carbocycles. The minimum atomic E-state index is -3.53. The maximum atomic E-state index is 12.0.